The van der Waals surface area contributed by atoms with Gasteiger partial charge in [0.05, 0.1) is 17.3 Å². The molecule has 0 aliphatic carbocycles. The molecule has 0 saturated heterocycles. The molecule has 93 valence electrons. The van der Waals surface area contributed by atoms with Crippen molar-refractivity contribution in [1.82, 2.24) is 15.4 Å². The molecule has 1 heterocycles. The van der Waals surface area contributed by atoms with Crippen LogP contribution >= 0.6 is 0 Å². The van der Waals surface area contributed by atoms with Crippen LogP contribution < -0.4 is 0 Å². The molecule has 0 atom stereocenters. The van der Waals surface area contributed by atoms with Crippen molar-refractivity contribution >= 4 is 0 Å². The van der Waals surface area contributed by atoms with Crippen LogP contribution in [0.25, 0.3) is 0 Å². The minimum atomic E-state index is 0.0879. The first kappa shape index (κ1) is 11.7. The maximum Gasteiger partial charge on any atom is 0.0870 e. The number of nitrogens with zero attached hydrogens (tertiary/aromatic N) is 2. The van der Waals surface area contributed by atoms with E-state index in [2.05, 4.69) is 46.6 Å². The van der Waals surface area contributed by atoms with Gasteiger partial charge in [-0.3, -0.25) is 5.10 Å². The van der Waals surface area contributed by atoms with Gasteiger partial charge < -0.3 is 0 Å². The van der Waals surface area contributed by atoms with E-state index in [1.165, 1.54) is 11.1 Å². The number of hydrogen-bond donors (Lipinski definition) is 1. The Labute approximate surface area is 112 Å². The zero-order valence-electron chi connectivity index (χ0n) is 10.5. The van der Waals surface area contributed by atoms with E-state index in [4.69, 9.17) is 0 Å². The minimum Gasteiger partial charge on any atom is -0.261 e. The van der Waals surface area contributed by atoms with Crippen molar-refractivity contribution in [3.05, 3.63) is 90.1 Å². The molecular formula is C16H14N3. The molecule has 0 fully saturated rings. The highest BCUT2D eigenvalue weighted by Crippen LogP contribution is 2.31. The molecule has 1 aromatic heterocycles. The van der Waals surface area contributed by atoms with E-state index >= 15 is 0 Å². The Morgan fingerprint density at radius 2 is 1.37 bits per heavy atom. The van der Waals surface area contributed by atoms with Crippen molar-refractivity contribution in [1.29, 1.82) is 0 Å². The van der Waals surface area contributed by atoms with E-state index in [1.54, 1.807) is 0 Å². The highest BCUT2D eigenvalue weighted by molar-refractivity contribution is 5.41. The summed E-state index contributed by atoms with van der Waals surface area (Å²) in [5.74, 6) is 0.0879. The van der Waals surface area contributed by atoms with Crippen LogP contribution in [0.5, 0.6) is 0 Å². The summed E-state index contributed by atoms with van der Waals surface area (Å²) in [6.45, 7) is 3.95. The maximum absolute atomic E-state index is 3.97. The molecule has 19 heavy (non-hydrogen) atoms. The van der Waals surface area contributed by atoms with Gasteiger partial charge in [-0.15, -0.1) is 5.10 Å². The van der Waals surface area contributed by atoms with Crippen molar-refractivity contribution in [2.24, 2.45) is 0 Å². The summed E-state index contributed by atoms with van der Waals surface area (Å²) in [5, 5.41) is 10.8. The van der Waals surface area contributed by atoms with E-state index in [-0.39, 0.29) is 5.92 Å². The molecule has 3 aromatic rings. The fraction of sp³-hybridized carbons (Fsp3) is 0.0625. The summed E-state index contributed by atoms with van der Waals surface area (Å²) < 4.78 is 0. The Kier molecular flexibility index (Phi) is 3.11. The van der Waals surface area contributed by atoms with Gasteiger partial charge in [-0.2, -0.15) is 0 Å². The summed E-state index contributed by atoms with van der Waals surface area (Å²) >= 11 is 0. The van der Waals surface area contributed by atoms with Crippen LogP contribution in [0.2, 0.25) is 0 Å². The van der Waals surface area contributed by atoms with Crippen molar-refractivity contribution < 1.29 is 0 Å². The second kappa shape index (κ2) is 5.06. The maximum atomic E-state index is 3.97. The smallest absolute Gasteiger partial charge is 0.0870 e. The van der Waals surface area contributed by atoms with Crippen LogP contribution in [0.1, 0.15) is 28.4 Å². The highest BCUT2D eigenvalue weighted by atomic mass is 15.3. The zero-order chi connectivity index (χ0) is 13.1. The van der Waals surface area contributed by atoms with Crippen LogP contribution in [-0.4, -0.2) is 15.4 Å². The molecule has 3 heteroatoms. The highest BCUT2D eigenvalue weighted by Gasteiger charge is 2.20. The molecule has 2 aromatic carbocycles. The van der Waals surface area contributed by atoms with Crippen molar-refractivity contribution in [2.45, 2.75) is 5.92 Å². The molecule has 0 amide bonds. The molecule has 0 unspecified atom stereocenters. The van der Waals surface area contributed by atoms with E-state index < -0.39 is 0 Å². The van der Waals surface area contributed by atoms with Crippen LogP contribution in [0, 0.1) is 6.92 Å². The van der Waals surface area contributed by atoms with E-state index in [9.17, 15) is 0 Å². The largest absolute Gasteiger partial charge is 0.261 e. The molecule has 0 spiro atoms. The second-order valence-electron chi connectivity index (χ2n) is 4.43. The Balaban J connectivity index is 2.15. The Hall–Kier alpha value is -2.42. The lowest BCUT2D eigenvalue weighted by molar-refractivity contribution is 0.870. The standard InChI is InChI=1S/C16H14N3/c1-12-16(18-19-17-12)15(13-8-4-2-5-9-13)14-10-6-3-7-11-14/h2-11,15H,1H2,(H,17,18,19). The van der Waals surface area contributed by atoms with Gasteiger partial charge in [-0.05, 0) is 18.1 Å². The number of hydrogen-bond acceptors (Lipinski definition) is 2. The van der Waals surface area contributed by atoms with Crippen LogP contribution in [0.15, 0.2) is 60.7 Å². The molecule has 3 rings (SSSR count). The predicted octanol–water partition coefficient (Wildman–Crippen LogP) is 3.17. The normalized spacial score (nSPS) is 10.8. The van der Waals surface area contributed by atoms with Crippen LogP contribution in [0.3, 0.4) is 0 Å². The quantitative estimate of drug-likeness (QED) is 0.773. The first-order chi connectivity index (χ1) is 9.36. The number of nitrogens with one attached hydrogen (secondary N) is 1. The third-order valence-corrected chi connectivity index (χ3v) is 3.21. The lowest BCUT2D eigenvalue weighted by atomic mass is 9.88. The predicted molar refractivity (Wildman–Crippen MR) is 74.7 cm³/mol. The fourth-order valence-electron chi connectivity index (χ4n) is 2.31. The molecule has 0 saturated carbocycles. The van der Waals surface area contributed by atoms with Gasteiger partial charge in [0.2, 0.25) is 0 Å². The van der Waals surface area contributed by atoms with Gasteiger partial charge in [-0.1, -0.05) is 65.9 Å². The van der Waals surface area contributed by atoms with Crippen molar-refractivity contribution in [3.8, 4) is 0 Å². The van der Waals surface area contributed by atoms with Gasteiger partial charge in [0.15, 0.2) is 0 Å². The fourth-order valence-corrected chi connectivity index (χ4v) is 2.31. The van der Waals surface area contributed by atoms with E-state index in [1.807, 2.05) is 36.4 Å². The molecular weight excluding hydrogens is 234 g/mol. The molecule has 1 radical (unpaired) electrons. The van der Waals surface area contributed by atoms with E-state index in [0.29, 0.717) is 5.69 Å². The lowest BCUT2D eigenvalue weighted by Gasteiger charge is -2.16. The molecule has 0 aliphatic rings. The Bertz CT molecular complexity index is 605. The van der Waals surface area contributed by atoms with Crippen molar-refractivity contribution in [2.75, 3.05) is 0 Å². The number of benzene rings is 2. The van der Waals surface area contributed by atoms with E-state index in [0.717, 1.165) is 5.69 Å². The third kappa shape index (κ3) is 2.27. The number of rotatable bonds is 3. The first-order valence-electron chi connectivity index (χ1n) is 6.19. The SMILES string of the molecule is [CH2]c1nn[nH]c1C(c1ccccc1)c1ccccc1. The molecule has 1 N–H and O–H groups in total. The van der Waals surface area contributed by atoms with Gasteiger partial charge in [0, 0.05) is 0 Å². The number of aromatic amines is 1. The summed E-state index contributed by atoms with van der Waals surface area (Å²) in [6, 6.07) is 20.6. The minimum absolute atomic E-state index is 0.0879. The Morgan fingerprint density at radius 1 is 0.842 bits per heavy atom. The average molecular weight is 248 g/mol. The topological polar surface area (TPSA) is 41.6 Å². The van der Waals surface area contributed by atoms with Crippen molar-refractivity contribution in [3.63, 3.8) is 0 Å². The van der Waals surface area contributed by atoms with Gasteiger partial charge in [-0.25, -0.2) is 0 Å². The summed E-state index contributed by atoms with van der Waals surface area (Å²) in [4.78, 5) is 0. The zero-order valence-corrected chi connectivity index (χ0v) is 10.5. The van der Waals surface area contributed by atoms with Gasteiger partial charge >= 0.3 is 0 Å². The molecule has 0 aliphatic heterocycles. The van der Waals surface area contributed by atoms with Gasteiger partial charge in [0.25, 0.3) is 0 Å². The Morgan fingerprint density at radius 3 is 1.79 bits per heavy atom. The summed E-state index contributed by atoms with van der Waals surface area (Å²) in [6.07, 6.45) is 0. The first-order valence-corrected chi connectivity index (χ1v) is 6.19. The average Bonchev–Trinajstić information content (AvgIpc) is 2.88. The number of H-pyrrole nitrogens is 1. The molecule has 3 nitrogen and oxygen atoms in total. The molecule has 0 bridgehead atoms. The monoisotopic (exact) mass is 248 g/mol. The van der Waals surface area contributed by atoms with Crippen LogP contribution in [-0.2, 0) is 0 Å². The third-order valence-electron chi connectivity index (χ3n) is 3.21. The van der Waals surface area contributed by atoms with Crippen LogP contribution in [0.4, 0.5) is 0 Å². The summed E-state index contributed by atoms with van der Waals surface area (Å²) in [7, 11) is 0. The van der Waals surface area contributed by atoms with Gasteiger partial charge in [0.1, 0.15) is 0 Å². The second-order valence-corrected chi connectivity index (χ2v) is 4.43. The number of aromatic nitrogens is 3. The summed E-state index contributed by atoms with van der Waals surface area (Å²) in [5.41, 5.74) is 4.03. The lowest BCUT2D eigenvalue weighted by Crippen LogP contribution is -2.05.